The van der Waals surface area contributed by atoms with Gasteiger partial charge in [0.15, 0.2) is 0 Å². The third kappa shape index (κ3) is 3.77. The highest BCUT2D eigenvalue weighted by Crippen LogP contribution is 2.18. The molecular formula is C13H21N3O. The number of rotatable bonds is 3. The van der Waals surface area contributed by atoms with Crippen LogP contribution >= 0.6 is 0 Å². The topological polar surface area (TPSA) is 56.1 Å². The van der Waals surface area contributed by atoms with Crippen molar-refractivity contribution in [3.05, 3.63) is 11.3 Å². The van der Waals surface area contributed by atoms with Crippen molar-refractivity contribution in [1.82, 2.24) is 10.2 Å². The summed E-state index contributed by atoms with van der Waals surface area (Å²) < 4.78 is 0. The van der Waals surface area contributed by atoms with Crippen molar-refractivity contribution in [3.8, 4) is 6.07 Å². The van der Waals surface area contributed by atoms with Crippen molar-refractivity contribution in [2.75, 3.05) is 14.1 Å². The van der Waals surface area contributed by atoms with E-state index in [0.29, 0.717) is 5.70 Å². The largest absolute Gasteiger partial charge is 0.380 e. The van der Waals surface area contributed by atoms with Gasteiger partial charge in [0.05, 0.1) is 0 Å². The lowest BCUT2D eigenvalue weighted by Gasteiger charge is -2.23. The third-order valence-corrected chi connectivity index (χ3v) is 3.31. The maximum Gasteiger partial charge on any atom is 0.263 e. The van der Waals surface area contributed by atoms with E-state index in [1.807, 2.05) is 20.2 Å². The molecule has 1 amide bonds. The molecule has 1 aliphatic carbocycles. The van der Waals surface area contributed by atoms with E-state index in [0.717, 1.165) is 12.8 Å². The van der Waals surface area contributed by atoms with Gasteiger partial charge in [-0.1, -0.05) is 19.3 Å². The molecule has 0 aliphatic heterocycles. The summed E-state index contributed by atoms with van der Waals surface area (Å²) in [5.41, 5.74) is 0.932. The Morgan fingerprint density at radius 2 is 1.88 bits per heavy atom. The Balaban J connectivity index is 2.67. The number of nitrogens with one attached hydrogen (secondary N) is 1. The number of nitrogens with zero attached hydrogens (tertiary/aromatic N) is 2. The van der Waals surface area contributed by atoms with Crippen LogP contribution in [0.2, 0.25) is 0 Å². The maximum atomic E-state index is 12.0. The Kier molecular flexibility index (Phi) is 5.02. The molecule has 4 nitrogen and oxygen atoms in total. The summed E-state index contributed by atoms with van der Waals surface area (Å²) in [6.45, 7) is 1.79. The first-order valence-electron chi connectivity index (χ1n) is 6.15. The minimum absolute atomic E-state index is 0.223. The molecule has 0 unspecified atom stereocenters. The number of allylic oxidation sites excluding steroid dienone is 1. The Bertz CT molecular complexity index is 346. The Hall–Kier alpha value is -1.50. The molecular weight excluding hydrogens is 214 g/mol. The first kappa shape index (κ1) is 13.6. The van der Waals surface area contributed by atoms with Gasteiger partial charge in [0.25, 0.3) is 5.91 Å². The first-order chi connectivity index (χ1) is 8.06. The molecule has 1 fully saturated rings. The van der Waals surface area contributed by atoms with Crippen molar-refractivity contribution >= 4 is 5.91 Å². The lowest BCUT2D eigenvalue weighted by atomic mass is 9.95. The molecule has 1 saturated carbocycles. The summed E-state index contributed by atoms with van der Waals surface area (Å²) >= 11 is 0. The summed E-state index contributed by atoms with van der Waals surface area (Å²) in [7, 11) is 3.67. The van der Waals surface area contributed by atoms with Crippen LogP contribution in [0.1, 0.15) is 39.0 Å². The molecule has 0 saturated heterocycles. The summed E-state index contributed by atoms with van der Waals surface area (Å²) in [4.78, 5) is 13.8. The van der Waals surface area contributed by atoms with E-state index in [-0.39, 0.29) is 17.5 Å². The van der Waals surface area contributed by atoms with E-state index in [4.69, 9.17) is 5.26 Å². The van der Waals surface area contributed by atoms with Crippen LogP contribution in [-0.2, 0) is 4.79 Å². The summed E-state index contributed by atoms with van der Waals surface area (Å²) in [5, 5.41) is 12.0. The quantitative estimate of drug-likeness (QED) is 0.599. The minimum Gasteiger partial charge on any atom is -0.380 e. The van der Waals surface area contributed by atoms with Crippen LogP contribution in [-0.4, -0.2) is 30.9 Å². The number of nitriles is 1. The monoisotopic (exact) mass is 235 g/mol. The molecule has 0 heterocycles. The van der Waals surface area contributed by atoms with E-state index in [1.165, 1.54) is 19.3 Å². The molecule has 1 aliphatic rings. The number of amides is 1. The third-order valence-electron chi connectivity index (χ3n) is 3.31. The lowest BCUT2D eigenvalue weighted by Crippen LogP contribution is -2.37. The van der Waals surface area contributed by atoms with E-state index < -0.39 is 0 Å². The fraction of sp³-hybridized carbons (Fsp3) is 0.692. The molecule has 0 spiro atoms. The van der Waals surface area contributed by atoms with Gasteiger partial charge in [-0.15, -0.1) is 0 Å². The van der Waals surface area contributed by atoms with E-state index in [9.17, 15) is 4.79 Å². The highest BCUT2D eigenvalue weighted by atomic mass is 16.1. The molecule has 0 atom stereocenters. The standard InChI is InChI=1S/C13H21N3O/c1-10(16(2)3)12(9-14)13(17)15-11-7-5-4-6-8-11/h11H,4-8H2,1-3H3,(H,15,17)/b12-10-. The highest BCUT2D eigenvalue weighted by molar-refractivity contribution is 5.98. The zero-order valence-corrected chi connectivity index (χ0v) is 10.9. The molecule has 4 heteroatoms. The second kappa shape index (κ2) is 6.29. The van der Waals surface area contributed by atoms with Crippen LogP contribution in [0.5, 0.6) is 0 Å². The minimum atomic E-state index is -0.231. The van der Waals surface area contributed by atoms with Gasteiger partial charge in [0.2, 0.25) is 0 Å². The van der Waals surface area contributed by atoms with Gasteiger partial charge in [0.1, 0.15) is 11.6 Å². The van der Waals surface area contributed by atoms with Crippen molar-refractivity contribution in [2.45, 2.75) is 45.1 Å². The van der Waals surface area contributed by atoms with Gasteiger partial charge in [-0.3, -0.25) is 4.79 Å². The van der Waals surface area contributed by atoms with Gasteiger partial charge in [0, 0.05) is 25.8 Å². The molecule has 0 aromatic carbocycles. The number of carbonyl (C=O) groups excluding carboxylic acids is 1. The first-order valence-corrected chi connectivity index (χ1v) is 6.15. The van der Waals surface area contributed by atoms with Crippen LogP contribution in [0, 0.1) is 11.3 Å². The molecule has 1 rings (SSSR count). The normalized spacial score (nSPS) is 18.0. The molecule has 0 aromatic heterocycles. The molecule has 1 N–H and O–H groups in total. The van der Waals surface area contributed by atoms with Crippen LogP contribution in [0.15, 0.2) is 11.3 Å². The van der Waals surface area contributed by atoms with Crippen LogP contribution in [0.3, 0.4) is 0 Å². The average molecular weight is 235 g/mol. The molecule has 94 valence electrons. The lowest BCUT2D eigenvalue weighted by molar-refractivity contribution is -0.118. The van der Waals surface area contributed by atoms with Crippen molar-refractivity contribution in [2.24, 2.45) is 0 Å². The van der Waals surface area contributed by atoms with E-state index in [2.05, 4.69) is 5.32 Å². The second-order valence-electron chi connectivity index (χ2n) is 4.78. The Morgan fingerprint density at radius 1 is 1.29 bits per heavy atom. The SMILES string of the molecule is C/C(=C(\C#N)C(=O)NC1CCCCC1)N(C)C. The second-order valence-corrected chi connectivity index (χ2v) is 4.78. The van der Waals surface area contributed by atoms with Gasteiger partial charge in [-0.05, 0) is 19.8 Å². The molecule has 0 aromatic rings. The molecule has 0 radical (unpaired) electrons. The smallest absolute Gasteiger partial charge is 0.263 e. The highest BCUT2D eigenvalue weighted by Gasteiger charge is 2.19. The van der Waals surface area contributed by atoms with Gasteiger partial charge in [-0.2, -0.15) is 5.26 Å². The van der Waals surface area contributed by atoms with Crippen molar-refractivity contribution < 1.29 is 4.79 Å². The Labute approximate surface area is 103 Å². The van der Waals surface area contributed by atoms with E-state index >= 15 is 0 Å². The fourth-order valence-corrected chi connectivity index (χ4v) is 2.02. The molecule has 17 heavy (non-hydrogen) atoms. The van der Waals surface area contributed by atoms with Gasteiger partial charge < -0.3 is 10.2 Å². The van der Waals surface area contributed by atoms with Crippen LogP contribution in [0.4, 0.5) is 0 Å². The zero-order valence-electron chi connectivity index (χ0n) is 10.9. The number of hydrogen-bond acceptors (Lipinski definition) is 3. The summed E-state index contributed by atoms with van der Waals surface area (Å²) in [6.07, 6.45) is 5.66. The molecule has 0 bridgehead atoms. The van der Waals surface area contributed by atoms with Crippen LogP contribution < -0.4 is 5.32 Å². The Morgan fingerprint density at radius 3 is 2.35 bits per heavy atom. The van der Waals surface area contributed by atoms with Crippen molar-refractivity contribution in [3.63, 3.8) is 0 Å². The number of carbonyl (C=O) groups is 1. The number of hydrogen-bond donors (Lipinski definition) is 1. The van der Waals surface area contributed by atoms with E-state index in [1.54, 1.807) is 11.8 Å². The van der Waals surface area contributed by atoms with Crippen molar-refractivity contribution in [1.29, 1.82) is 5.26 Å². The van der Waals surface area contributed by atoms with Crippen LogP contribution in [0.25, 0.3) is 0 Å². The average Bonchev–Trinajstić information content (AvgIpc) is 2.30. The van der Waals surface area contributed by atoms with Gasteiger partial charge in [-0.25, -0.2) is 0 Å². The maximum absolute atomic E-state index is 12.0. The summed E-state index contributed by atoms with van der Waals surface area (Å²) in [6, 6.07) is 2.24. The summed E-state index contributed by atoms with van der Waals surface area (Å²) in [5.74, 6) is -0.231. The fourth-order valence-electron chi connectivity index (χ4n) is 2.02. The van der Waals surface area contributed by atoms with Gasteiger partial charge >= 0.3 is 0 Å². The zero-order chi connectivity index (χ0) is 12.8. The predicted molar refractivity (Wildman–Crippen MR) is 67.0 cm³/mol. The predicted octanol–water partition coefficient (Wildman–Crippen LogP) is 1.79.